The average molecular weight is 730 g/mol. The van der Waals surface area contributed by atoms with Crippen LogP contribution in [0.4, 0.5) is 0 Å². The van der Waals surface area contributed by atoms with Gasteiger partial charge in [0.15, 0.2) is 52.6 Å². The predicted octanol–water partition coefficient (Wildman–Crippen LogP) is -0.0554. The van der Waals surface area contributed by atoms with Crippen molar-refractivity contribution >= 4 is 35.6 Å². The number of benzene rings is 3. The highest BCUT2D eigenvalue weighted by atomic mass is 16.6. The molecular weight excluding hydrogens is 694 g/mol. The summed E-state index contributed by atoms with van der Waals surface area (Å²) in [7, 11) is 0. The first-order valence-corrected chi connectivity index (χ1v) is 15.1. The summed E-state index contributed by atoms with van der Waals surface area (Å²) in [5.74, 6) is -12.8. The number of carboxylic acids is 1. The van der Waals surface area contributed by atoms with Crippen molar-refractivity contribution in [3.05, 3.63) is 71.3 Å². The summed E-state index contributed by atoms with van der Waals surface area (Å²) < 4.78 is 10.5. The number of carbonyl (C=O) groups is 6. The lowest BCUT2D eigenvalue weighted by Gasteiger charge is -2.29. The van der Waals surface area contributed by atoms with Crippen LogP contribution in [0, 0.1) is 0 Å². The van der Waals surface area contributed by atoms with Gasteiger partial charge in [0.2, 0.25) is 0 Å². The third-order valence-corrected chi connectivity index (χ3v) is 7.44. The summed E-state index contributed by atoms with van der Waals surface area (Å²) in [5.41, 5.74) is -1.58. The zero-order chi connectivity index (χ0) is 39.0. The lowest BCUT2D eigenvalue weighted by atomic mass is 10.1. The molecule has 0 aromatic heterocycles. The van der Waals surface area contributed by atoms with Gasteiger partial charge >= 0.3 is 17.9 Å². The quantitative estimate of drug-likeness (QED) is 0.0765. The fourth-order valence-corrected chi connectivity index (χ4v) is 4.57. The maximum atomic E-state index is 13.5. The van der Waals surface area contributed by atoms with Crippen molar-refractivity contribution in [2.24, 2.45) is 0 Å². The van der Waals surface area contributed by atoms with Crippen molar-refractivity contribution < 1.29 is 79.1 Å². The van der Waals surface area contributed by atoms with E-state index in [9.17, 15) is 69.6 Å². The van der Waals surface area contributed by atoms with Crippen molar-refractivity contribution in [2.75, 3.05) is 0 Å². The third-order valence-electron chi connectivity index (χ3n) is 7.44. The zero-order valence-corrected chi connectivity index (χ0v) is 27.5. The maximum Gasteiger partial charge on any atom is 0.332 e. The third kappa shape index (κ3) is 9.27. The van der Waals surface area contributed by atoms with E-state index in [1.165, 1.54) is 18.2 Å². The van der Waals surface area contributed by atoms with E-state index in [-0.39, 0.29) is 0 Å². The van der Waals surface area contributed by atoms with Crippen LogP contribution in [-0.2, 0) is 23.9 Å². The smallest absolute Gasteiger partial charge is 0.332 e. The van der Waals surface area contributed by atoms with Crippen LogP contribution < -0.4 is 16.0 Å². The molecule has 0 bridgehead atoms. The molecule has 3 aromatic rings. The van der Waals surface area contributed by atoms with Crippen LogP contribution in [0.3, 0.4) is 0 Å². The number of aliphatic carboxylic acids is 1. The van der Waals surface area contributed by atoms with Gasteiger partial charge < -0.3 is 66.3 Å². The Hall–Kier alpha value is -6.76. The number of carbonyl (C=O) groups excluding carboxylic acids is 5. The van der Waals surface area contributed by atoms with E-state index in [4.69, 9.17) is 9.47 Å². The molecule has 0 aliphatic carbocycles. The maximum absolute atomic E-state index is 13.5. The van der Waals surface area contributed by atoms with Crippen molar-refractivity contribution in [1.29, 1.82) is 0 Å². The van der Waals surface area contributed by atoms with Crippen LogP contribution in [0.5, 0.6) is 34.5 Å². The number of phenols is 6. The second-order valence-corrected chi connectivity index (χ2v) is 11.2. The molecule has 6 atom stereocenters. The SMILES string of the molecule is CC(O)[C@@H](NC(=O)c1cccc(O)c1O)C(=O)OC(C)[C@@H](NC(=O)c1cccc(O)c1O)C(=O)OC(C)[C@@H](NC(=O)c1cccc(O)c1O)C(=O)O. The number of rotatable bonds is 14. The van der Waals surface area contributed by atoms with Gasteiger partial charge in [-0.1, -0.05) is 18.2 Å². The molecule has 3 unspecified atom stereocenters. The van der Waals surface area contributed by atoms with Gasteiger partial charge in [-0.15, -0.1) is 0 Å². The average Bonchev–Trinajstić information content (AvgIpc) is 3.07. The van der Waals surface area contributed by atoms with Crippen LogP contribution in [-0.4, -0.2) is 113 Å². The van der Waals surface area contributed by atoms with Gasteiger partial charge in [-0.2, -0.15) is 0 Å². The lowest BCUT2D eigenvalue weighted by molar-refractivity contribution is -0.164. The Morgan fingerprint density at radius 3 is 1.17 bits per heavy atom. The molecule has 0 spiro atoms. The van der Waals surface area contributed by atoms with Crippen molar-refractivity contribution in [2.45, 2.75) is 57.2 Å². The van der Waals surface area contributed by atoms with E-state index in [2.05, 4.69) is 10.6 Å². The van der Waals surface area contributed by atoms with Gasteiger partial charge in [0.1, 0.15) is 12.2 Å². The van der Waals surface area contributed by atoms with Crippen LogP contribution >= 0.6 is 0 Å². The fourth-order valence-electron chi connectivity index (χ4n) is 4.57. The van der Waals surface area contributed by atoms with Gasteiger partial charge in [0.25, 0.3) is 17.7 Å². The number of aliphatic hydroxyl groups is 1. The number of carboxylic acid groups (broad SMARTS) is 1. The molecule has 52 heavy (non-hydrogen) atoms. The molecule has 3 rings (SSSR count). The molecule has 0 saturated carbocycles. The Morgan fingerprint density at radius 2 is 0.827 bits per heavy atom. The molecule has 278 valence electrons. The summed E-state index contributed by atoms with van der Waals surface area (Å²) in [6.45, 7) is 3.17. The van der Waals surface area contributed by atoms with Crippen LogP contribution in [0.2, 0.25) is 0 Å². The minimum atomic E-state index is -2.04. The highest BCUT2D eigenvalue weighted by Gasteiger charge is 2.39. The first kappa shape index (κ1) is 39.7. The van der Waals surface area contributed by atoms with Crippen LogP contribution in [0.1, 0.15) is 51.8 Å². The van der Waals surface area contributed by atoms with E-state index < -0.39 is 123 Å². The summed E-state index contributed by atoms with van der Waals surface area (Å²) in [6.07, 6.45) is -5.17. The molecule has 3 aromatic carbocycles. The Kier molecular flexibility index (Phi) is 12.8. The first-order chi connectivity index (χ1) is 24.3. The molecule has 19 nitrogen and oxygen atoms in total. The van der Waals surface area contributed by atoms with E-state index >= 15 is 0 Å². The Labute approximate surface area is 293 Å². The number of para-hydroxylation sites is 3. The lowest BCUT2D eigenvalue weighted by Crippen LogP contribution is -2.55. The summed E-state index contributed by atoms with van der Waals surface area (Å²) in [4.78, 5) is 77.5. The first-order valence-electron chi connectivity index (χ1n) is 15.1. The minimum absolute atomic E-state index is 0.487. The van der Waals surface area contributed by atoms with Crippen LogP contribution in [0.15, 0.2) is 54.6 Å². The molecule has 0 heterocycles. The highest BCUT2D eigenvalue weighted by molar-refractivity contribution is 6.01. The molecule has 0 saturated heterocycles. The number of nitrogens with one attached hydrogen (secondary N) is 3. The molecule has 0 radical (unpaired) electrons. The number of esters is 2. The van der Waals surface area contributed by atoms with Crippen molar-refractivity contribution in [1.82, 2.24) is 16.0 Å². The number of phenolic OH excluding ortho intramolecular Hbond substituents is 6. The second-order valence-electron chi connectivity index (χ2n) is 11.2. The van der Waals surface area contributed by atoms with E-state index in [0.29, 0.717) is 0 Å². The topological polar surface area (TPSA) is 319 Å². The molecule has 0 fully saturated rings. The Morgan fingerprint density at radius 1 is 0.519 bits per heavy atom. The van der Waals surface area contributed by atoms with Gasteiger partial charge in [-0.3, -0.25) is 14.4 Å². The molecule has 19 heteroatoms. The molecular formula is C33H35N3O16. The number of aliphatic hydroxyl groups excluding tert-OH is 1. The minimum Gasteiger partial charge on any atom is -0.504 e. The Balaban J connectivity index is 1.89. The van der Waals surface area contributed by atoms with E-state index in [1.807, 2.05) is 5.32 Å². The normalized spacial score (nSPS) is 14.3. The summed E-state index contributed by atoms with van der Waals surface area (Å²) in [6, 6.07) is 4.03. The highest BCUT2D eigenvalue weighted by Crippen LogP contribution is 2.30. The van der Waals surface area contributed by atoms with Gasteiger partial charge in [-0.25, -0.2) is 14.4 Å². The molecule has 3 amide bonds. The monoisotopic (exact) mass is 729 g/mol. The summed E-state index contributed by atoms with van der Waals surface area (Å²) >= 11 is 0. The largest absolute Gasteiger partial charge is 0.504 e. The summed E-state index contributed by atoms with van der Waals surface area (Å²) in [5, 5.41) is 85.8. The molecule has 0 aliphatic rings. The van der Waals surface area contributed by atoms with Crippen molar-refractivity contribution in [3.8, 4) is 34.5 Å². The fraction of sp³-hybridized carbons (Fsp3) is 0.273. The molecule has 11 N–H and O–H groups in total. The number of aromatic hydroxyl groups is 6. The number of amides is 3. The number of ether oxygens (including phenoxy) is 2. The van der Waals surface area contributed by atoms with Gasteiger partial charge in [-0.05, 0) is 57.2 Å². The van der Waals surface area contributed by atoms with E-state index in [1.54, 1.807) is 0 Å². The Bertz CT molecular complexity index is 1860. The predicted molar refractivity (Wildman–Crippen MR) is 174 cm³/mol. The number of hydrogen-bond donors (Lipinski definition) is 11. The zero-order valence-electron chi connectivity index (χ0n) is 27.5. The van der Waals surface area contributed by atoms with E-state index in [0.717, 1.165) is 57.2 Å². The standard InChI is InChI=1S/C33H35N3O16/c1-13(37)22(34-28(44)16-7-4-10-19(38)25(16)41)32(49)52-15(3)24(36-30(46)18-9-6-12-21(40)27(18)43)33(50)51-14(2)23(31(47)48)35-29(45)17-8-5-11-20(39)26(17)42/h4-15,22-24,37-43H,1-3H3,(H,34,44)(H,35,45)(H,36,46)(H,47,48)/t13?,14?,15?,22-,23-,24-/m1/s1. The van der Waals surface area contributed by atoms with Crippen LogP contribution in [0.25, 0.3) is 0 Å². The molecule has 0 aliphatic heterocycles. The second kappa shape index (κ2) is 16.8. The van der Waals surface area contributed by atoms with Crippen molar-refractivity contribution in [3.63, 3.8) is 0 Å². The van der Waals surface area contributed by atoms with Gasteiger partial charge in [0.05, 0.1) is 22.8 Å². The number of hydrogen-bond acceptors (Lipinski definition) is 15. The van der Waals surface area contributed by atoms with Gasteiger partial charge in [0, 0.05) is 0 Å².